The fourth-order valence-corrected chi connectivity index (χ4v) is 7.00. The van der Waals surface area contributed by atoms with Crippen LogP contribution < -0.4 is 14.8 Å². The third kappa shape index (κ3) is 4.45. The van der Waals surface area contributed by atoms with Crippen molar-refractivity contribution in [2.24, 2.45) is 0 Å². The molecule has 43 heavy (non-hydrogen) atoms. The molecule has 3 aliphatic heterocycles. The number of nitrogens with one attached hydrogen (secondary N) is 1. The highest BCUT2D eigenvalue weighted by atomic mass is 19.1. The molecule has 3 aromatic heterocycles. The second-order valence-corrected chi connectivity index (χ2v) is 11.6. The summed E-state index contributed by atoms with van der Waals surface area (Å²) >= 11 is 0. The lowest BCUT2D eigenvalue weighted by Gasteiger charge is -2.31. The Hall–Kier alpha value is -4.38. The Morgan fingerprint density at radius 3 is 2.67 bits per heavy atom. The molecule has 220 valence electrons. The van der Waals surface area contributed by atoms with E-state index in [0.29, 0.717) is 47.3 Å². The predicted octanol–water partition coefficient (Wildman–Crippen LogP) is 5.72. The van der Waals surface area contributed by atoms with Crippen molar-refractivity contribution >= 4 is 27.5 Å². The molecule has 3 aliphatic rings. The van der Waals surface area contributed by atoms with Crippen LogP contribution in [0.5, 0.6) is 11.9 Å². The van der Waals surface area contributed by atoms with E-state index in [1.165, 1.54) is 12.3 Å². The molecule has 6 heterocycles. The van der Waals surface area contributed by atoms with E-state index in [9.17, 15) is 4.39 Å². The Labute approximate surface area is 246 Å². The van der Waals surface area contributed by atoms with Crippen LogP contribution in [-0.2, 0) is 13.1 Å². The molecule has 9 nitrogen and oxygen atoms in total. The van der Waals surface area contributed by atoms with Crippen molar-refractivity contribution in [1.82, 2.24) is 29.6 Å². The Bertz CT molecular complexity index is 1840. The molecule has 5 aromatic rings. The van der Waals surface area contributed by atoms with E-state index < -0.39 is 11.6 Å². The number of benzene rings is 2. The van der Waals surface area contributed by atoms with Gasteiger partial charge in [0.05, 0.1) is 29.3 Å². The van der Waals surface area contributed by atoms with Gasteiger partial charge in [-0.05, 0) is 50.2 Å². The maximum Gasteiger partial charge on any atom is 0.319 e. The highest BCUT2D eigenvalue weighted by Gasteiger charge is 2.45. The number of anilines is 1. The molecule has 0 saturated carbocycles. The summed E-state index contributed by atoms with van der Waals surface area (Å²) in [5, 5.41) is 9.14. The first-order valence-electron chi connectivity index (χ1n) is 14.9. The summed E-state index contributed by atoms with van der Waals surface area (Å²) in [4.78, 5) is 16.2. The fourth-order valence-electron chi connectivity index (χ4n) is 7.00. The minimum Gasteiger partial charge on any atom is -0.478 e. The van der Waals surface area contributed by atoms with Gasteiger partial charge >= 0.3 is 6.01 Å². The fraction of sp³-hybridized carbons (Fsp3) is 0.375. The zero-order valence-electron chi connectivity index (χ0n) is 23.7. The zero-order chi connectivity index (χ0) is 29.0. The summed E-state index contributed by atoms with van der Waals surface area (Å²) < 4.78 is 45.4. The first-order valence-corrected chi connectivity index (χ1v) is 14.9. The SMILES string of the molecule is Fc1c(-c2cccc3cccc(F)c23)ncc2c(NCc3cnn4c3OCCC4)nc(OCC34CCCN3CCC4)nc12. The molecule has 2 fully saturated rings. The van der Waals surface area contributed by atoms with Gasteiger partial charge < -0.3 is 14.8 Å². The van der Waals surface area contributed by atoms with Crippen LogP contribution >= 0.6 is 0 Å². The molecule has 0 radical (unpaired) electrons. The van der Waals surface area contributed by atoms with Crippen molar-refractivity contribution in [3.63, 3.8) is 0 Å². The van der Waals surface area contributed by atoms with Crippen LogP contribution in [-0.4, -0.2) is 61.5 Å². The van der Waals surface area contributed by atoms with E-state index in [4.69, 9.17) is 14.5 Å². The van der Waals surface area contributed by atoms with Crippen LogP contribution in [0.3, 0.4) is 0 Å². The second-order valence-electron chi connectivity index (χ2n) is 11.6. The predicted molar refractivity (Wildman–Crippen MR) is 158 cm³/mol. The maximum atomic E-state index is 16.5. The number of pyridine rings is 1. The zero-order valence-corrected chi connectivity index (χ0v) is 23.7. The van der Waals surface area contributed by atoms with E-state index in [1.54, 1.807) is 36.5 Å². The number of aromatic nitrogens is 5. The van der Waals surface area contributed by atoms with E-state index in [1.807, 2.05) is 4.68 Å². The molecule has 0 bridgehead atoms. The summed E-state index contributed by atoms with van der Waals surface area (Å²) in [6.07, 6.45) is 8.62. The quantitative estimate of drug-likeness (QED) is 0.260. The average molecular weight is 584 g/mol. The average Bonchev–Trinajstić information content (AvgIpc) is 3.74. The van der Waals surface area contributed by atoms with Gasteiger partial charge in [0.2, 0.25) is 5.88 Å². The number of aryl methyl sites for hydroxylation is 1. The number of rotatable bonds is 7. The smallest absolute Gasteiger partial charge is 0.319 e. The van der Waals surface area contributed by atoms with Gasteiger partial charge in [0.1, 0.15) is 29.5 Å². The van der Waals surface area contributed by atoms with Crippen LogP contribution in [0.15, 0.2) is 48.8 Å². The Balaban J connectivity index is 1.20. The minimum atomic E-state index is -0.656. The summed E-state index contributed by atoms with van der Waals surface area (Å²) in [5.74, 6) is 0.0216. The summed E-state index contributed by atoms with van der Waals surface area (Å²) in [5.41, 5.74) is 1.29. The van der Waals surface area contributed by atoms with Crippen LogP contribution in [0.2, 0.25) is 0 Å². The first kappa shape index (κ1) is 26.3. The van der Waals surface area contributed by atoms with Gasteiger partial charge in [-0.25, -0.2) is 13.5 Å². The third-order valence-electron chi connectivity index (χ3n) is 9.12. The van der Waals surface area contributed by atoms with Crippen molar-refractivity contribution in [1.29, 1.82) is 0 Å². The molecular weight excluding hydrogens is 552 g/mol. The summed E-state index contributed by atoms with van der Waals surface area (Å²) in [6, 6.07) is 10.1. The van der Waals surface area contributed by atoms with Crippen molar-refractivity contribution in [2.45, 2.75) is 50.7 Å². The molecule has 8 rings (SSSR count). The molecule has 0 spiro atoms. The summed E-state index contributed by atoms with van der Waals surface area (Å²) in [6.45, 7) is 4.37. The molecular formula is C32H31F2N7O2. The van der Waals surface area contributed by atoms with Gasteiger partial charge in [-0.1, -0.05) is 30.3 Å². The van der Waals surface area contributed by atoms with Gasteiger partial charge in [0.25, 0.3) is 0 Å². The van der Waals surface area contributed by atoms with E-state index in [-0.39, 0.29) is 22.8 Å². The van der Waals surface area contributed by atoms with Gasteiger partial charge in [-0.15, -0.1) is 0 Å². The minimum absolute atomic E-state index is 0.0225. The Morgan fingerprint density at radius 2 is 1.81 bits per heavy atom. The lowest BCUT2D eigenvalue weighted by atomic mass is 9.95. The highest BCUT2D eigenvalue weighted by Crippen LogP contribution is 2.40. The van der Waals surface area contributed by atoms with E-state index >= 15 is 4.39 Å². The van der Waals surface area contributed by atoms with E-state index in [2.05, 4.69) is 25.3 Å². The number of hydrogen-bond acceptors (Lipinski definition) is 8. The standard InChI is InChI=1S/C32H31F2N7O2/c33-24-9-2-7-20-6-1-8-22(25(20)24)27-26(34)28-23(18-35-27)29(36-16-21-17-37-41-14-5-15-42-30(21)41)39-31(38-28)43-19-32-10-3-12-40(32)13-4-11-32/h1-2,6-9,17-18H,3-5,10-16,19H2,(H,36,38,39). The number of halogens is 2. The number of ether oxygens (including phenoxy) is 2. The largest absolute Gasteiger partial charge is 0.478 e. The van der Waals surface area contributed by atoms with Gasteiger partial charge in [0.15, 0.2) is 5.82 Å². The van der Waals surface area contributed by atoms with E-state index in [0.717, 1.165) is 63.2 Å². The second kappa shape index (κ2) is 10.4. The van der Waals surface area contributed by atoms with Crippen LogP contribution in [0.25, 0.3) is 32.9 Å². The van der Waals surface area contributed by atoms with Crippen molar-refractivity contribution in [3.05, 3.63) is 66.0 Å². The molecule has 11 heteroatoms. The molecule has 0 atom stereocenters. The number of fused-ring (bicyclic) bond motifs is 4. The first-order chi connectivity index (χ1) is 21.1. The monoisotopic (exact) mass is 583 g/mol. The van der Waals surface area contributed by atoms with Crippen molar-refractivity contribution < 1.29 is 18.3 Å². The third-order valence-corrected chi connectivity index (χ3v) is 9.12. The van der Waals surface area contributed by atoms with Crippen molar-refractivity contribution in [2.75, 3.05) is 31.6 Å². The maximum absolute atomic E-state index is 16.5. The Morgan fingerprint density at radius 1 is 0.977 bits per heavy atom. The van der Waals surface area contributed by atoms with Crippen molar-refractivity contribution in [3.8, 4) is 23.1 Å². The topological polar surface area (TPSA) is 90.2 Å². The number of hydrogen-bond donors (Lipinski definition) is 1. The molecule has 0 aliphatic carbocycles. The normalized spacial score (nSPS) is 17.6. The molecule has 0 amide bonds. The summed E-state index contributed by atoms with van der Waals surface area (Å²) in [7, 11) is 0. The lowest BCUT2D eigenvalue weighted by Crippen LogP contribution is -2.43. The van der Waals surface area contributed by atoms with Gasteiger partial charge in [-0.2, -0.15) is 15.1 Å². The highest BCUT2D eigenvalue weighted by molar-refractivity contribution is 5.99. The van der Waals surface area contributed by atoms with Crippen LogP contribution in [0.4, 0.5) is 14.6 Å². The van der Waals surface area contributed by atoms with Gasteiger partial charge in [0, 0.05) is 36.7 Å². The number of nitrogens with zero attached hydrogens (tertiary/aromatic N) is 6. The Kier molecular flexibility index (Phi) is 6.36. The molecule has 1 N–H and O–H groups in total. The van der Waals surface area contributed by atoms with Gasteiger partial charge in [-0.3, -0.25) is 9.88 Å². The lowest BCUT2D eigenvalue weighted by molar-refractivity contribution is 0.108. The molecule has 2 aromatic carbocycles. The van der Waals surface area contributed by atoms with Crippen LogP contribution in [0, 0.1) is 11.6 Å². The van der Waals surface area contributed by atoms with Crippen LogP contribution in [0.1, 0.15) is 37.7 Å². The molecule has 2 saturated heterocycles. The molecule has 0 unspecified atom stereocenters.